The van der Waals surface area contributed by atoms with E-state index in [0.717, 1.165) is 22.4 Å². The summed E-state index contributed by atoms with van der Waals surface area (Å²) in [4.78, 5) is 15.0. The number of benzene rings is 3. The molecule has 5 heteroatoms. The lowest BCUT2D eigenvalue weighted by atomic mass is 10.1. The molecule has 1 fully saturated rings. The topological polar surface area (TPSA) is 35.9 Å². The third-order valence-corrected chi connectivity index (χ3v) is 5.30. The Bertz CT molecular complexity index is 1050. The highest BCUT2D eigenvalue weighted by molar-refractivity contribution is 5.99. The van der Waals surface area contributed by atoms with Crippen molar-refractivity contribution in [1.29, 1.82) is 0 Å². The first kappa shape index (κ1) is 20.0. The van der Waals surface area contributed by atoms with Crippen LogP contribution in [0.3, 0.4) is 0 Å². The fourth-order valence-corrected chi connectivity index (χ4v) is 3.70. The Morgan fingerprint density at radius 3 is 2.33 bits per heavy atom. The molecular formula is C25H24FN3O. The number of carbonyl (C=O) groups excluding carboxylic acids is 1. The van der Waals surface area contributed by atoms with Crippen LogP contribution in [0.15, 0.2) is 84.0 Å². The second-order valence-corrected chi connectivity index (χ2v) is 7.61. The van der Waals surface area contributed by atoms with Crippen molar-refractivity contribution in [3.05, 3.63) is 107 Å². The Labute approximate surface area is 176 Å². The van der Waals surface area contributed by atoms with Gasteiger partial charge in [-0.1, -0.05) is 72.3 Å². The number of aryl methyl sites for hydroxylation is 1. The van der Waals surface area contributed by atoms with Gasteiger partial charge in [-0.15, -0.1) is 0 Å². The maximum atomic E-state index is 13.5. The van der Waals surface area contributed by atoms with Crippen LogP contribution < -0.4 is 0 Å². The molecule has 0 unspecified atom stereocenters. The Balaban J connectivity index is 1.69. The summed E-state index contributed by atoms with van der Waals surface area (Å²) < 4.78 is 13.5. The molecule has 152 valence electrons. The zero-order valence-corrected chi connectivity index (χ0v) is 17.1. The van der Waals surface area contributed by atoms with E-state index < -0.39 is 6.17 Å². The van der Waals surface area contributed by atoms with Crippen LogP contribution in [0.2, 0.25) is 0 Å². The first-order valence-electron chi connectivity index (χ1n) is 9.99. The summed E-state index contributed by atoms with van der Waals surface area (Å²) in [6.07, 6.45) is -0.390. The van der Waals surface area contributed by atoms with Gasteiger partial charge in [0.05, 0.1) is 12.3 Å². The van der Waals surface area contributed by atoms with E-state index in [1.165, 1.54) is 22.7 Å². The zero-order valence-electron chi connectivity index (χ0n) is 17.1. The Hall–Kier alpha value is -3.31. The van der Waals surface area contributed by atoms with Gasteiger partial charge in [0.15, 0.2) is 0 Å². The number of amides is 1. The molecule has 3 aromatic rings. The van der Waals surface area contributed by atoms with Gasteiger partial charge in [0.2, 0.25) is 0 Å². The third kappa shape index (κ3) is 4.31. The van der Waals surface area contributed by atoms with Gasteiger partial charge in [0.25, 0.3) is 5.91 Å². The fraction of sp³-hybridized carbons (Fsp3) is 0.200. The molecular weight excluding hydrogens is 377 g/mol. The van der Waals surface area contributed by atoms with E-state index in [4.69, 9.17) is 5.10 Å². The minimum Gasteiger partial charge on any atom is -0.271 e. The van der Waals surface area contributed by atoms with Gasteiger partial charge >= 0.3 is 0 Å². The van der Waals surface area contributed by atoms with Crippen molar-refractivity contribution in [2.75, 3.05) is 6.54 Å². The normalized spacial score (nSPS) is 17.6. The molecule has 0 radical (unpaired) electrons. The van der Waals surface area contributed by atoms with Crippen LogP contribution in [0.5, 0.6) is 0 Å². The molecule has 0 saturated carbocycles. The van der Waals surface area contributed by atoms with Crippen molar-refractivity contribution in [2.45, 2.75) is 26.6 Å². The Morgan fingerprint density at radius 2 is 1.67 bits per heavy atom. The minimum absolute atomic E-state index is 0.0771. The van der Waals surface area contributed by atoms with Crippen LogP contribution >= 0.6 is 0 Å². The summed E-state index contributed by atoms with van der Waals surface area (Å²) in [5.41, 5.74) is 4.84. The second kappa shape index (κ2) is 8.59. The molecule has 1 heterocycles. The third-order valence-electron chi connectivity index (χ3n) is 5.30. The van der Waals surface area contributed by atoms with Crippen LogP contribution in [-0.2, 0) is 11.3 Å². The quantitative estimate of drug-likeness (QED) is 0.570. The molecule has 4 nitrogen and oxygen atoms in total. The second-order valence-electron chi connectivity index (χ2n) is 7.61. The molecule has 0 bridgehead atoms. The molecule has 1 amide bonds. The SMILES string of the molecule is C/C(=N/N1C(=O)CN(Cc2ccccc2)[C@@H]1c1ccc(F)cc1)c1ccc(C)cc1. The van der Waals surface area contributed by atoms with Crippen LogP contribution in [0.25, 0.3) is 0 Å². The number of halogens is 1. The van der Waals surface area contributed by atoms with Gasteiger partial charge in [-0.2, -0.15) is 5.10 Å². The number of nitrogens with zero attached hydrogens (tertiary/aromatic N) is 3. The largest absolute Gasteiger partial charge is 0.271 e. The predicted molar refractivity (Wildman–Crippen MR) is 116 cm³/mol. The van der Waals surface area contributed by atoms with Gasteiger partial charge in [-0.25, -0.2) is 9.40 Å². The molecule has 4 rings (SSSR count). The van der Waals surface area contributed by atoms with E-state index in [1.54, 1.807) is 12.1 Å². The highest BCUT2D eigenvalue weighted by Crippen LogP contribution is 2.33. The molecule has 1 atom stereocenters. The molecule has 30 heavy (non-hydrogen) atoms. The summed E-state index contributed by atoms with van der Waals surface area (Å²) in [5.74, 6) is -0.379. The van der Waals surface area contributed by atoms with E-state index in [2.05, 4.69) is 4.90 Å². The average Bonchev–Trinajstić information content (AvgIpc) is 3.04. The van der Waals surface area contributed by atoms with E-state index in [0.29, 0.717) is 6.54 Å². The molecule has 0 aromatic heterocycles. The summed E-state index contributed by atoms with van der Waals surface area (Å²) in [6.45, 7) is 4.79. The Kier molecular flexibility index (Phi) is 5.72. The number of hydrogen-bond donors (Lipinski definition) is 0. The number of rotatable bonds is 5. The summed E-state index contributed by atoms with van der Waals surface area (Å²) >= 11 is 0. The monoisotopic (exact) mass is 401 g/mol. The van der Waals surface area contributed by atoms with Crippen molar-refractivity contribution in [3.8, 4) is 0 Å². The lowest BCUT2D eigenvalue weighted by Crippen LogP contribution is -2.29. The standard InChI is InChI=1S/C25H24FN3O/c1-18-8-10-21(11-9-18)19(2)27-29-24(30)17-28(16-20-6-4-3-5-7-20)25(29)22-12-14-23(26)15-13-22/h3-15,25H,16-17H2,1-2H3/b27-19-/t25-/m0/s1. The summed E-state index contributed by atoms with van der Waals surface area (Å²) in [6, 6.07) is 24.4. The first-order valence-corrected chi connectivity index (χ1v) is 9.99. The van der Waals surface area contributed by atoms with Gasteiger partial charge < -0.3 is 0 Å². The summed E-state index contributed by atoms with van der Waals surface area (Å²) in [7, 11) is 0. The van der Waals surface area contributed by atoms with Crippen molar-refractivity contribution >= 4 is 11.6 Å². The number of carbonyl (C=O) groups is 1. The van der Waals surface area contributed by atoms with Crippen LogP contribution in [0, 0.1) is 12.7 Å². The van der Waals surface area contributed by atoms with Crippen LogP contribution in [0.1, 0.15) is 35.3 Å². The highest BCUT2D eigenvalue weighted by atomic mass is 19.1. The smallest absolute Gasteiger partial charge is 0.258 e. The fourth-order valence-electron chi connectivity index (χ4n) is 3.70. The molecule has 1 aliphatic heterocycles. The highest BCUT2D eigenvalue weighted by Gasteiger charge is 2.39. The molecule has 0 N–H and O–H groups in total. The Morgan fingerprint density at radius 1 is 1.00 bits per heavy atom. The first-order chi connectivity index (χ1) is 14.5. The molecule has 1 saturated heterocycles. The molecule has 0 aliphatic carbocycles. The minimum atomic E-state index is -0.390. The van der Waals surface area contributed by atoms with Gasteiger partial charge in [0, 0.05) is 6.54 Å². The van der Waals surface area contributed by atoms with Crippen molar-refractivity contribution in [1.82, 2.24) is 9.91 Å². The van der Waals surface area contributed by atoms with Crippen molar-refractivity contribution in [2.24, 2.45) is 5.10 Å². The van der Waals surface area contributed by atoms with Crippen LogP contribution in [-0.4, -0.2) is 28.1 Å². The van der Waals surface area contributed by atoms with E-state index >= 15 is 0 Å². The maximum absolute atomic E-state index is 13.5. The number of hydrazone groups is 1. The molecule has 1 aliphatic rings. The van der Waals surface area contributed by atoms with Crippen molar-refractivity contribution in [3.63, 3.8) is 0 Å². The van der Waals surface area contributed by atoms with Gasteiger partial charge in [-0.05, 0) is 42.7 Å². The lowest BCUT2D eigenvalue weighted by Gasteiger charge is -2.28. The van der Waals surface area contributed by atoms with Crippen molar-refractivity contribution < 1.29 is 9.18 Å². The van der Waals surface area contributed by atoms with E-state index in [1.807, 2.05) is 68.4 Å². The van der Waals surface area contributed by atoms with E-state index in [9.17, 15) is 9.18 Å². The van der Waals surface area contributed by atoms with Gasteiger partial charge in [-0.3, -0.25) is 9.69 Å². The lowest BCUT2D eigenvalue weighted by molar-refractivity contribution is -0.128. The average molecular weight is 401 g/mol. The zero-order chi connectivity index (χ0) is 21.1. The molecule has 0 spiro atoms. The number of hydrogen-bond acceptors (Lipinski definition) is 3. The van der Waals surface area contributed by atoms with E-state index in [-0.39, 0.29) is 18.3 Å². The predicted octanol–water partition coefficient (Wildman–Crippen LogP) is 4.90. The molecule has 3 aromatic carbocycles. The van der Waals surface area contributed by atoms with Crippen LogP contribution in [0.4, 0.5) is 4.39 Å². The van der Waals surface area contributed by atoms with Gasteiger partial charge in [0.1, 0.15) is 12.0 Å². The summed E-state index contributed by atoms with van der Waals surface area (Å²) in [5, 5.41) is 6.23. The maximum Gasteiger partial charge on any atom is 0.258 e.